The van der Waals surface area contributed by atoms with Crippen LogP contribution < -0.4 is 18.0 Å². The van der Waals surface area contributed by atoms with E-state index in [1.807, 2.05) is 0 Å². The molecule has 0 spiro atoms. The second-order valence-corrected chi connectivity index (χ2v) is 1.89. The molecule has 0 unspecified atom stereocenters. The quantitative estimate of drug-likeness (QED) is 0.357. The molecule has 0 rings (SSSR count). The van der Waals surface area contributed by atoms with Crippen LogP contribution in [0.5, 0.6) is 0 Å². The molecule has 9 nitrogen and oxygen atoms in total. The van der Waals surface area contributed by atoms with E-state index in [2.05, 4.69) is 5.73 Å². The lowest BCUT2D eigenvalue weighted by Gasteiger charge is -1.85. The summed E-state index contributed by atoms with van der Waals surface area (Å²) in [5.74, 6) is -3.12. The van der Waals surface area contributed by atoms with Gasteiger partial charge in [0.25, 0.3) is 0 Å². The fourth-order valence-corrected chi connectivity index (χ4v) is 0.214. The summed E-state index contributed by atoms with van der Waals surface area (Å²) in [4.78, 5) is 28.5. The molecule has 0 aromatic heterocycles. The van der Waals surface area contributed by atoms with Crippen molar-refractivity contribution in [3.05, 3.63) is 0 Å². The van der Waals surface area contributed by atoms with E-state index in [0.29, 0.717) is 0 Å². The normalized spacial score (nSPS) is 7.00. The lowest BCUT2D eigenvalue weighted by Crippen LogP contribution is -2.10. The van der Waals surface area contributed by atoms with E-state index >= 15 is 0 Å². The number of hydrogen-bond acceptors (Lipinski definition) is 6. The van der Waals surface area contributed by atoms with Crippen molar-refractivity contribution in [1.29, 1.82) is 0 Å². The third-order valence-corrected chi connectivity index (χ3v) is 0.727. The Hall–Kier alpha value is -1.71. The molecule has 0 fully saturated rings. The fraction of sp³-hybridized carbons (Fsp3) is 0.500. The maximum Gasteiger partial charge on any atom is 0.317 e. The van der Waals surface area contributed by atoms with Crippen molar-refractivity contribution in [3.8, 4) is 0 Å². The Morgan fingerprint density at radius 3 is 1.07 bits per heavy atom. The molecule has 0 heterocycles. The minimum Gasteiger partial charge on any atom is -0.481 e. The molecule has 0 aliphatic carbocycles. The first-order valence-corrected chi connectivity index (χ1v) is 3.25. The summed E-state index contributed by atoms with van der Waals surface area (Å²) in [6, 6.07) is 0. The van der Waals surface area contributed by atoms with Gasteiger partial charge in [-0.05, 0) is 0 Å². The molecule has 0 amide bonds. The van der Waals surface area contributed by atoms with E-state index in [1.165, 1.54) is 0 Å². The molecule has 92 valence electrons. The Labute approximate surface area is 86.0 Å². The zero-order valence-corrected chi connectivity index (χ0v) is 8.18. The second-order valence-electron chi connectivity index (χ2n) is 1.89. The molecule has 0 aromatic carbocycles. The summed E-state index contributed by atoms with van der Waals surface area (Å²) in [6.45, 7) is -0.278. The van der Waals surface area contributed by atoms with Gasteiger partial charge in [0, 0.05) is 0 Å². The average Bonchev–Trinajstić information content (AvgIpc) is 2.02. The molecule has 15 heavy (non-hydrogen) atoms. The van der Waals surface area contributed by atoms with Crippen molar-refractivity contribution in [3.63, 3.8) is 0 Å². The van der Waals surface area contributed by atoms with Crippen LogP contribution in [0.15, 0.2) is 0 Å². The molecular formula is C6H17N3O6. The van der Waals surface area contributed by atoms with Gasteiger partial charge in [0.05, 0.1) is 19.4 Å². The highest BCUT2D eigenvalue weighted by atomic mass is 16.4. The maximum atomic E-state index is 9.64. The van der Waals surface area contributed by atoms with Gasteiger partial charge in [0.2, 0.25) is 0 Å². The van der Waals surface area contributed by atoms with E-state index in [4.69, 9.17) is 15.3 Å². The Kier molecular flexibility index (Phi) is 22.9. The molecule has 0 bridgehead atoms. The Bertz CT molecular complexity index is 181. The molecular weight excluding hydrogens is 210 g/mol. The maximum absolute atomic E-state index is 9.64. The van der Waals surface area contributed by atoms with Crippen molar-refractivity contribution in [2.75, 3.05) is 6.54 Å². The third kappa shape index (κ3) is 46.5. The highest BCUT2D eigenvalue weighted by molar-refractivity contribution is 5.75. The van der Waals surface area contributed by atoms with E-state index < -0.39 is 17.9 Å². The van der Waals surface area contributed by atoms with Crippen molar-refractivity contribution in [2.45, 2.75) is 12.8 Å². The number of rotatable bonds is 4. The topological polar surface area (TPSA) is 208 Å². The van der Waals surface area contributed by atoms with Gasteiger partial charge in [0.1, 0.15) is 0 Å². The highest BCUT2D eigenvalue weighted by Gasteiger charge is 2.00. The molecule has 11 N–H and O–H groups in total. The number of carbonyl (C=O) groups is 3. The standard InChI is InChI=1S/C4H6O4.C2H5NO2.2H3N/c5-3(6)1-2-4(7)8;3-1-2(4)5;;/h1-2H2,(H,5,6)(H,7,8);1,3H2,(H,4,5);2*1H3. The van der Waals surface area contributed by atoms with E-state index in [1.54, 1.807) is 0 Å². The van der Waals surface area contributed by atoms with Crippen LogP contribution >= 0.6 is 0 Å². The molecule has 0 aliphatic rings. The average molecular weight is 227 g/mol. The number of aliphatic carboxylic acids is 3. The largest absolute Gasteiger partial charge is 0.481 e. The molecule has 0 aromatic rings. The first kappa shape index (κ1) is 23.3. The van der Waals surface area contributed by atoms with Gasteiger partial charge in [-0.1, -0.05) is 0 Å². The van der Waals surface area contributed by atoms with Crippen LogP contribution in [-0.4, -0.2) is 39.8 Å². The SMILES string of the molecule is N.N.NCC(=O)O.O=C(O)CCC(=O)O. The number of hydrogen-bond donors (Lipinski definition) is 6. The number of nitrogens with two attached hydrogens (primary N) is 1. The summed E-state index contributed by atoms with van der Waals surface area (Å²) < 4.78 is 0. The zero-order valence-electron chi connectivity index (χ0n) is 8.18. The first-order valence-electron chi connectivity index (χ1n) is 3.25. The smallest absolute Gasteiger partial charge is 0.317 e. The van der Waals surface area contributed by atoms with Crippen molar-refractivity contribution >= 4 is 17.9 Å². The van der Waals surface area contributed by atoms with Crippen molar-refractivity contribution < 1.29 is 29.7 Å². The fourth-order valence-electron chi connectivity index (χ4n) is 0.214. The highest BCUT2D eigenvalue weighted by Crippen LogP contribution is 1.86. The van der Waals surface area contributed by atoms with E-state index in [-0.39, 0.29) is 31.7 Å². The van der Waals surface area contributed by atoms with Crippen molar-refractivity contribution in [1.82, 2.24) is 12.3 Å². The Morgan fingerprint density at radius 1 is 0.800 bits per heavy atom. The van der Waals surface area contributed by atoms with Crippen LogP contribution in [0, 0.1) is 0 Å². The van der Waals surface area contributed by atoms with Crippen LogP contribution in [0.3, 0.4) is 0 Å². The van der Waals surface area contributed by atoms with Gasteiger partial charge in [-0.2, -0.15) is 0 Å². The summed E-state index contributed by atoms with van der Waals surface area (Å²) in [7, 11) is 0. The monoisotopic (exact) mass is 227 g/mol. The summed E-state index contributed by atoms with van der Waals surface area (Å²) in [5.41, 5.74) is 4.57. The van der Waals surface area contributed by atoms with Gasteiger partial charge in [-0.15, -0.1) is 0 Å². The van der Waals surface area contributed by atoms with Gasteiger partial charge < -0.3 is 33.4 Å². The van der Waals surface area contributed by atoms with Crippen LogP contribution in [0.1, 0.15) is 12.8 Å². The number of carboxylic acid groups (broad SMARTS) is 3. The first-order chi connectivity index (χ1) is 5.90. The summed E-state index contributed by atoms with van der Waals surface area (Å²) in [5, 5.41) is 23.4. The predicted octanol–water partition coefficient (Wildman–Crippen LogP) is -0.710. The minimum absolute atomic E-state index is 0. The van der Waals surface area contributed by atoms with E-state index in [0.717, 1.165) is 0 Å². The lowest BCUT2D eigenvalue weighted by molar-refractivity contribution is -0.143. The molecule has 0 saturated carbocycles. The summed E-state index contributed by atoms with van der Waals surface area (Å²) >= 11 is 0. The van der Waals surface area contributed by atoms with Gasteiger partial charge in [-0.3, -0.25) is 14.4 Å². The van der Waals surface area contributed by atoms with Crippen molar-refractivity contribution in [2.24, 2.45) is 5.73 Å². The zero-order chi connectivity index (χ0) is 10.9. The minimum atomic E-state index is -1.08. The predicted molar refractivity (Wildman–Crippen MR) is 51.2 cm³/mol. The van der Waals surface area contributed by atoms with Crippen LogP contribution in [0.4, 0.5) is 0 Å². The second kappa shape index (κ2) is 14.8. The molecule has 0 atom stereocenters. The lowest BCUT2D eigenvalue weighted by atomic mass is 10.3. The van der Waals surface area contributed by atoms with E-state index in [9.17, 15) is 14.4 Å². The Balaban J connectivity index is -0.0000000770. The van der Waals surface area contributed by atoms with Crippen LogP contribution in [0.25, 0.3) is 0 Å². The van der Waals surface area contributed by atoms with Gasteiger partial charge in [-0.25, -0.2) is 0 Å². The third-order valence-electron chi connectivity index (χ3n) is 0.727. The molecule has 0 saturated heterocycles. The van der Waals surface area contributed by atoms with Gasteiger partial charge >= 0.3 is 17.9 Å². The van der Waals surface area contributed by atoms with Crippen LogP contribution in [0.2, 0.25) is 0 Å². The Morgan fingerprint density at radius 2 is 1.00 bits per heavy atom. The summed E-state index contributed by atoms with van der Waals surface area (Å²) in [6.07, 6.45) is -0.593. The molecule has 0 radical (unpaired) electrons. The molecule has 9 heteroatoms. The molecule has 0 aliphatic heterocycles. The van der Waals surface area contributed by atoms with Gasteiger partial charge in [0.15, 0.2) is 0 Å². The number of carboxylic acids is 3. The van der Waals surface area contributed by atoms with Crippen LogP contribution in [-0.2, 0) is 14.4 Å².